The number of Topliss-reactive ketones (excluding diaryl/α,β-unsaturated/α-hetero) is 1. The van der Waals surface area contributed by atoms with Crippen molar-refractivity contribution in [3.63, 3.8) is 0 Å². The van der Waals surface area contributed by atoms with Gasteiger partial charge in [-0.2, -0.15) is 0 Å². The van der Waals surface area contributed by atoms with Crippen molar-refractivity contribution in [3.8, 4) is 0 Å². The predicted octanol–water partition coefficient (Wildman–Crippen LogP) is 3.80. The van der Waals surface area contributed by atoms with Crippen LogP contribution in [0, 0.1) is 34.5 Å². The minimum absolute atomic E-state index is 0.0221. The molecule has 0 aromatic rings. The van der Waals surface area contributed by atoms with Crippen molar-refractivity contribution >= 4 is 13.6 Å². The van der Waals surface area contributed by atoms with Gasteiger partial charge in [0, 0.05) is 5.41 Å². The van der Waals surface area contributed by atoms with E-state index in [4.69, 9.17) is 0 Å². The van der Waals surface area contributed by atoms with Gasteiger partial charge in [-0.1, -0.05) is 26.0 Å². The van der Waals surface area contributed by atoms with E-state index in [-0.39, 0.29) is 5.41 Å². The molecule has 114 valence electrons. The molecule has 0 radical (unpaired) electrons. The zero-order valence-electron chi connectivity index (χ0n) is 13.9. The average molecular weight is 284 g/mol. The van der Waals surface area contributed by atoms with Crippen LogP contribution >= 0.6 is 0 Å². The third-order valence-electron chi connectivity index (χ3n) is 8.22. The Morgan fingerprint density at radius 2 is 1.95 bits per heavy atom. The molecule has 2 heteroatoms. The SMILES string of the molecule is B[C@@H]1CC2C3CCC4CC=CCC4(C)C3CCC2(C)C1=O. The van der Waals surface area contributed by atoms with E-state index in [1.54, 1.807) is 0 Å². The first-order valence-corrected chi connectivity index (χ1v) is 9.16. The first-order valence-electron chi connectivity index (χ1n) is 9.16. The van der Waals surface area contributed by atoms with Gasteiger partial charge in [0.05, 0.1) is 0 Å². The highest BCUT2D eigenvalue weighted by molar-refractivity contribution is 6.26. The quantitative estimate of drug-likeness (QED) is 0.488. The summed E-state index contributed by atoms with van der Waals surface area (Å²) in [6.07, 6.45) is 13.9. The molecule has 4 rings (SSSR count). The van der Waals surface area contributed by atoms with Crippen LogP contribution in [-0.2, 0) is 4.79 Å². The van der Waals surface area contributed by atoms with Gasteiger partial charge in [0.2, 0.25) is 0 Å². The molecule has 6 unspecified atom stereocenters. The Morgan fingerprint density at radius 3 is 2.76 bits per heavy atom. The van der Waals surface area contributed by atoms with Gasteiger partial charge in [0.15, 0.2) is 0 Å². The lowest BCUT2D eigenvalue weighted by molar-refractivity contribution is -0.136. The lowest BCUT2D eigenvalue weighted by atomic mass is 9.46. The van der Waals surface area contributed by atoms with Crippen molar-refractivity contribution in [1.29, 1.82) is 0 Å². The maximum absolute atomic E-state index is 12.7. The number of allylic oxidation sites excluding steroid dienone is 2. The smallest absolute Gasteiger partial charge is 0.134 e. The Hall–Kier alpha value is -0.525. The second kappa shape index (κ2) is 4.49. The topological polar surface area (TPSA) is 17.1 Å². The van der Waals surface area contributed by atoms with Crippen LogP contribution in [0.15, 0.2) is 12.2 Å². The van der Waals surface area contributed by atoms with Crippen LogP contribution in [0.3, 0.4) is 0 Å². The lowest BCUT2D eigenvalue weighted by Crippen LogP contribution is -2.52. The van der Waals surface area contributed by atoms with Gasteiger partial charge in [-0.05, 0) is 79.8 Å². The van der Waals surface area contributed by atoms with Crippen LogP contribution < -0.4 is 0 Å². The maximum Gasteiger partial charge on any atom is 0.134 e. The third-order valence-corrected chi connectivity index (χ3v) is 8.22. The summed E-state index contributed by atoms with van der Waals surface area (Å²) in [5.74, 6) is 4.19. The highest BCUT2D eigenvalue weighted by Gasteiger charge is 2.60. The Morgan fingerprint density at radius 1 is 1.14 bits per heavy atom. The van der Waals surface area contributed by atoms with Gasteiger partial charge in [0.25, 0.3) is 0 Å². The number of hydrogen-bond donors (Lipinski definition) is 0. The van der Waals surface area contributed by atoms with Crippen molar-refractivity contribution in [3.05, 3.63) is 12.2 Å². The Labute approximate surface area is 130 Å². The first-order chi connectivity index (χ1) is 9.97. The third kappa shape index (κ3) is 1.74. The molecule has 0 amide bonds. The van der Waals surface area contributed by atoms with Crippen LogP contribution in [0.4, 0.5) is 0 Å². The van der Waals surface area contributed by atoms with Gasteiger partial charge in [-0.25, -0.2) is 0 Å². The number of carbonyl (C=O) groups is 1. The molecule has 0 aliphatic heterocycles. The zero-order valence-corrected chi connectivity index (χ0v) is 13.9. The van der Waals surface area contributed by atoms with Crippen LogP contribution in [0.5, 0.6) is 0 Å². The van der Waals surface area contributed by atoms with E-state index in [0.29, 0.717) is 22.9 Å². The summed E-state index contributed by atoms with van der Waals surface area (Å²) < 4.78 is 0. The summed E-state index contributed by atoms with van der Waals surface area (Å²) >= 11 is 0. The summed E-state index contributed by atoms with van der Waals surface area (Å²) in [5, 5.41) is 0. The summed E-state index contributed by atoms with van der Waals surface area (Å²) in [6.45, 7) is 4.87. The van der Waals surface area contributed by atoms with E-state index in [9.17, 15) is 4.79 Å². The predicted molar refractivity (Wildman–Crippen MR) is 88.9 cm³/mol. The van der Waals surface area contributed by atoms with Crippen LogP contribution in [-0.4, -0.2) is 13.6 Å². The molecule has 4 aliphatic carbocycles. The van der Waals surface area contributed by atoms with Crippen molar-refractivity contribution < 1.29 is 4.79 Å². The minimum Gasteiger partial charge on any atom is -0.300 e. The molecule has 0 N–H and O–H groups in total. The highest BCUT2D eigenvalue weighted by atomic mass is 16.1. The number of fused-ring (bicyclic) bond motifs is 5. The summed E-state index contributed by atoms with van der Waals surface area (Å²) in [4.78, 5) is 12.7. The molecule has 0 saturated heterocycles. The number of ketones is 1. The Kier molecular flexibility index (Phi) is 3.01. The van der Waals surface area contributed by atoms with E-state index in [0.717, 1.165) is 24.2 Å². The Bertz CT molecular complexity index is 498. The molecule has 21 heavy (non-hydrogen) atoms. The normalized spacial score (nSPS) is 55.7. The van der Waals surface area contributed by atoms with Crippen molar-refractivity contribution in [2.24, 2.45) is 34.5 Å². The molecule has 7 atom stereocenters. The first kappa shape index (κ1) is 14.1. The number of carbonyl (C=O) groups excluding carboxylic acids is 1. The maximum atomic E-state index is 12.7. The molecular weight excluding hydrogens is 255 g/mol. The largest absolute Gasteiger partial charge is 0.300 e. The van der Waals surface area contributed by atoms with Gasteiger partial charge in [0.1, 0.15) is 13.6 Å². The van der Waals surface area contributed by atoms with E-state index in [1.165, 1.54) is 38.5 Å². The van der Waals surface area contributed by atoms with E-state index >= 15 is 0 Å². The van der Waals surface area contributed by atoms with Gasteiger partial charge in [-0.15, -0.1) is 0 Å². The summed E-state index contributed by atoms with van der Waals surface area (Å²) in [6, 6.07) is 0. The molecule has 0 aromatic carbocycles. The van der Waals surface area contributed by atoms with Crippen LogP contribution in [0.1, 0.15) is 58.8 Å². The molecule has 0 aromatic heterocycles. The molecule has 4 aliphatic rings. The highest BCUT2D eigenvalue weighted by Crippen LogP contribution is 2.65. The minimum atomic E-state index is 0.0221. The summed E-state index contributed by atoms with van der Waals surface area (Å²) in [7, 11) is 2.18. The molecule has 1 nitrogen and oxygen atoms in total. The van der Waals surface area contributed by atoms with Gasteiger partial charge >= 0.3 is 0 Å². The molecule has 0 bridgehead atoms. The van der Waals surface area contributed by atoms with Crippen molar-refractivity contribution in [2.45, 2.75) is 64.6 Å². The molecule has 0 heterocycles. The molecule has 3 fully saturated rings. The molecular formula is C19H29BO. The van der Waals surface area contributed by atoms with Crippen LogP contribution in [0.25, 0.3) is 0 Å². The Balaban J connectivity index is 1.68. The number of rotatable bonds is 0. The van der Waals surface area contributed by atoms with E-state index < -0.39 is 0 Å². The monoisotopic (exact) mass is 284 g/mol. The van der Waals surface area contributed by atoms with Gasteiger partial charge < -0.3 is 0 Å². The summed E-state index contributed by atoms with van der Waals surface area (Å²) in [5.41, 5.74) is 0.544. The van der Waals surface area contributed by atoms with E-state index in [2.05, 4.69) is 33.8 Å². The standard InChI is InChI=1S/C19H29BO/c1-18-9-4-3-5-12(18)6-7-13-14(18)8-10-19(2)15(13)11-16(20)17(19)21/h3-4,12-16H,5-11,20H2,1-2H3/t12?,13?,14?,15?,16-,18?,19?/m1/s1. The molecule has 3 saturated carbocycles. The fourth-order valence-corrected chi connectivity index (χ4v) is 6.95. The molecule has 0 spiro atoms. The van der Waals surface area contributed by atoms with Crippen molar-refractivity contribution in [2.75, 3.05) is 0 Å². The van der Waals surface area contributed by atoms with Crippen molar-refractivity contribution in [1.82, 2.24) is 0 Å². The second-order valence-electron chi connectivity index (χ2n) is 9.03. The second-order valence-corrected chi connectivity index (χ2v) is 9.03. The fraction of sp³-hybridized carbons (Fsp3) is 0.842. The zero-order chi connectivity index (χ0) is 14.8. The lowest BCUT2D eigenvalue weighted by Gasteiger charge is -2.58. The fourth-order valence-electron chi connectivity index (χ4n) is 6.95. The van der Waals surface area contributed by atoms with Crippen LogP contribution in [0.2, 0.25) is 5.82 Å². The number of hydrogen-bond acceptors (Lipinski definition) is 1. The van der Waals surface area contributed by atoms with E-state index in [1.807, 2.05) is 0 Å². The average Bonchev–Trinajstić information content (AvgIpc) is 2.70. The van der Waals surface area contributed by atoms with Gasteiger partial charge in [-0.3, -0.25) is 4.79 Å².